The van der Waals surface area contributed by atoms with Crippen LogP contribution in [0.2, 0.25) is 0 Å². The molecule has 0 spiro atoms. The number of anilines is 1. The first-order chi connectivity index (χ1) is 8.26. The van der Waals surface area contributed by atoms with Crippen molar-refractivity contribution in [1.82, 2.24) is 0 Å². The summed E-state index contributed by atoms with van der Waals surface area (Å²) in [5.74, 6) is 0. The van der Waals surface area contributed by atoms with Crippen LogP contribution in [-0.2, 0) is 0 Å². The molecule has 17 heavy (non-hydrogen) atoms. The highest BCUT2D eigenvalue weighted by Crippen LogP contribution is 2.35. The molecule has 1 aliphatic carbocycles. The number of aryl methyl sites for hydroxylation is 1. The van der Waals surface area contributed by atoms with Gasteiger partial charge in [-0.25, -0.2) is 0 Å². The molecule has 0 amide bonds. The quantitative estimate of drug-likeness (QED) is 0.739. The Kier molecular flexibility index (Phi) is 3.88. The Labute approximate surface area is 105 Å². The zero-order valence-corrected chi connectivity index (χ0v) is 10.8. The molecular formula is C16H23N. The number of nitrogens with one attached hydrogen (secondary N) is 1. The lowest BCUT2D eigenvalue weighted by Gasteiger charge is -2.39. The molecule has 1 fully saturated rings. The third-order valence-corrected chi connectivity index (χ3v) is 3.89. The van der Waals surface area contributed by atoms with E-state index in [1.807, 2.05) is 0 Å². The van der Waals surface area contributed by atoms with Crippen LogP contribution in [0.25, 0.3) is 0 Å². The van der Waals surface area contributed by atoms with E-state index >= 15 is 0 Å². The maximum atomic E-state index is 3.92. The second-order valence-corrected chi connectivity index (χ2v) is 5.27. The molecule has 0 heterocycles. The van der Waals surface area contributed by atoms with Gasteiger partial charge in [0, 0.05) is 11.2 Å². The molecule has 2 rings (SSSR count). The van der Waals surface area contributed by atoms with E-state index in [-0.39, 0.29) is 5.54 Å². The third kappa shape index (κ3) is 2.91. The number of hydrogen-bond acceptors (Lipinski definition) is 1. The zero-order chi connectivity index (χ0) is 12.1. The van der Waals surface area contributed by atoms with Gasteiger partial charge in [0.25, 0.3) is 0 Å². The predicted molar refractivity (Wildman–Crippen MR) is 75.4 cm³/mol. The summed E-state index contributed by atoms with van der Waals surface area (Å²) in [7, 11) is 0. The maximum Gasteiger partial charge on any atom is 0.0408 e. The highest BCUT2D eigenvalue weighted by molar-refractivity contribution is 5.52. The lowest BCUT2D eigenvalue weighted by Crippen LogP contribution is -2.40. The first-order valence-electron chi connectivity index (χ1n) is 6.70. The number of para-hydroxylation sites is 1. The van der Waals surface area contributed by atoms with Crippen LogP contribution in [0.15, 0.2) is 36.9 Å². The fourth-order valence-corrected chi connectivity index (χ4v) is 2.88. The second-order valence-electron chi connectivity index (χ2n) is 5.27. The van der Waals surface area contributed by atoms with Crippen LogP contribution < -0.4 is 5.32 Å². The van der Waals surface area contributed by atoms with Crippen molar-refractivity contribution in [1.29, 1.82) is 0 Å². The highest BCUT2D eigenvalue weighted by atomic mass is 15.0. The number of hydrogen-bond donors (Lipinski definition) is 1. The molecule has 0 bridgehead atoms. The lowest BCUT2D eigenvalue weighted by atomic mass is 9.79. The Bertz CT molecular complexity index is 375. The van der Waals surface area contributed by atoms with Gasteiger partial charge in [0.05, 0.1) is 0 Å². The van der Waals surface area contributed by atoms with Crippen molar-refractivity contribution in [3.05, 3.63) is 42.5 Å². The van der Waals surface area contributed by atoms with Crippen LogP contribution in [0.1, 0.15) is 44.1 Å². The minimum absolute atomic E-state index is 0.256. The SMILES string of the molecule is C=CCC1(Nc2ccccc2C)CCCCC1. The molecule has 92 valence electrons. The molecule has 0 aromatic heterocycles. The van der Waals surface area contributed by atoms with Crippen molar-refractivity contribution in [2.45, 2.75) is 51.0 Å². The zero-order valence-electron chi connectivity index (χ0n) is 10.8. The van der Waals surface area contributed by atoms with Crippen molar-refractivity contribution >= 4 is 5.69 Å². The van der Waals surface area contributed by atoms with Gasteiger partial charge < -0.3 is 5.32 Å². The molecule has 1 aliphatic rings. The average molecular weight is 229 g/mol. The van der Waals surface area contributed by atoms with Gasteiger partial charge in [-0.05, 0) is 37.8 Å². The largest absolute Gasteiger partial charge is 0.379 e. The molecule has 0 unspecified atom stereocenters. The summed E-state index contributed by atoms with van der Waals surface area (Å²) in [6.45, 7) is 6.10. The summed E-state index contributed by atoms with van der Waals surface area (Å²) in [5.41, 5.74) is 2.88. The van der Waals surface area contributed by atoms with Gasteiger partial charge in [-0.2, -0.15) is 0 Å². The van der Waals surface area contributed by atoms with E-state index in [2.05, 4.69) is 49.2 Å². The standard InChI is InChI=1S/C16H23N/c1-3-11-16(12-7-4-8-13-16)17-15-10-6-5-9-14(15)2/h3,5-6,9-10,17H,1,4,7-8,11-13H2,2H3. The van der Waals surface area contributed by atoms with Crippen molar-refractivity contribution in [2.24, 2.45) is 0 Å². The molecule has 1 N–H and O–H groups in total. The predicted octanol–water partition coefficient (Wildman–Crippen LogP) is 4.69. The van der Waals surface area contributed by atoms with Crippen molar-refractivity contribution in [2.75, 3.05) is 5.32 Å². The van der Waals surface area contributed by atoms with E-state index < -0.39 is 0 Å². The molecule has 1 aromatic carbocycles. The van der Waals surface area contributed by atoms with Gasteiger partial charge >= 0.3 is 0 Å². The van der Waals surface area contributed by atoms with Gasteiger partial charge in [-0.1, -0.05) is 43.5 Å². The van der Waals surface area contributed by atoms with Crippen LogP contribution >= 0.6 is 0 Å². The van der Waals surface area contributed by atoms with Crippen LogP contribution in [0.5, 0.6) is 0 Å². The van der Waals surface area contributed by atoms with E-state index in [1.54, 1.807) is 0 Å². The van der Waals surface area contributed by atoms with E-state index in [0.717, 1.165) is 6.42 Å². The Hall–Kier alpha value is -1.24. The number of benzene rings is 1. The topological polar surface area (TPSA) is 12.0 Å². The molecule has 0 saturated heterocycles. The summed E-state index contributed by atoms with van der Waals surface area (Å²) in [5, 5.41) is 3.79. The van der Waals surface area contributed by atoms with Crippen molar-refractivity contribution < 1.29 is 0 Å². The van der Waals surface area contributed by atoms with Crippen LogP contribution in [0.4, 0.5) is 5.69 Å². The molecule has 1 saturated carbocycles. The smallest absolute Gasteiger partial charge is 0.0408 e. The Morgan fingerprint density at radius 1 is 1.24 bits per heavy atom. The minimum atomic E-state index is 0.256. The lowest BCUT2D eigenvalue weighted by molar-refractivity contribution is 0.326. The van der Waals surface area contributed by atoms with Gasteiger partial charge in [-0.3, -0.25) is 0 Å². The molecule has 0 radical (unpaired) electrons. The van der Waals surface area contributed by atoms with Crippen LogP contribution in [-0.4, -0.2) is 5.54 Å². The molecule has 0 atom stereocenters. The monoisotopic (exact) mass is 229 g/mol. The van der Waals surface area contributed by atoms with Gasteiger partial charge in [0.2, 0.25) is 0 Å². The number of rotatable bonds is 4. The van der Waals surface area contributed by atoms with E-state index in [9.17, 15) is 0 Å². The third-order valence-electron chi connectivity index (χ3n) is 3.89. The minimum Gasteiger partial charge on any atom is -0.379 e. The summed E-state index contributed by atoms with van der Waals surface area (Å²) in [6, 6.07) is 8.57. The van der Waals surface area contributed by atoms with Crippen LogP contribution in [0, 0.1) is 6.92 Å². The van der Waals surface area contributed by atoms with Crippen LogP contribution in [0.3, 0.4) is 0 Å². The summed E-state index contributed by atoms with van der Waals surface area (Å²) in [4.78, 5) is 0. The van der Waals surface area contributed by atoms with E-state index in [4.69, 9.17) is 0 Å². The Morgan fingerprint density at radius 2 is 1.94 bits per heavy atom. The Balaban J connectivity index is 2.17. The first kappa shape index (κ1) is 12.2. The molecule has 0 aliphatic heterocycles. The van der Waals surface area contributed by atoms with Gasteiger partial charge in [-0.15, -0.1) is 6.58 Å². The highest BCUT2D eigenvalue weighted by Gasteiger charge is 2.30. The maximum absolute atomic E-state index is 3.92. The van der Waals surface area contributed by atoms with Gasteiger partial charge in [0.15, 0.2) is 0 Å². The molecule has 1 nitrogen and oxygen atoms in total. The van der Waals surface area contributed by atoms with Crippen molar-refractivity contribution in [3.63, 3.8) is 0 Å². The first-order valence-corrected chi connectivity index (χ1v) is 6.70. The Morgan fingerprint density at radius 3 is 2.59 bits per heavy atom. The second kappa shape index (κ2) is 5.39. The normalized spacial score (nSPS) is 18.6. The van der Waals surface area contributed by atoms with Crippen molar-refractivity contribution in [3.8, 4) is 0 Å². The molecular weight excluding hydrogens is 206 g/mol. The fourth-order valence-electron chi connectivity index (χ4n) is 2.88. The van der Waals surface area contributed by atoms with E-state index in [0.29, 0.717) is 0 Å². The summed E-state index contributed by atoms with van der Waals surface area (Å²) >= 11 is 0. The summed E-state index contributed by atoms with van der Waals surface area (Å²) in [6.07, 6.45) is 9.74. The summed E-state index contributed by atoms with van der Waals surface area (Å²) < 4.78 is 0. The van der Waals surface area contributed by atoms with E-state index in [1.165, 1.54) is 43.4 Å². The molecule has 1 heteroatoms. The average Bonchev–Trinajstić information content (AvgIpc) is 2.34. The van der Waals surface area contributed by atoms with Gasteiger partial charge in [0.1, 0.15) is 0 Å². The molecule has 1 aromatic rings. The fraction of sp³-hybridized carbons (Fsp3) is 0.500.